The second-order valence-corrected chi connectivity index (χ2v) is 8.41. The molecule has 3 aromatic carbocycles. The third-order valence-electron chi connectivity index (χ3n) is 5.95. The summed E-state index contributed by atoms with van der Waals surface area (Å²) in [6.07, 6.45) is 1.38. The molecule has 0 aliphatic carbocycles. The van der Waals surface area contributed by atoms with E-state index in [1.165, 1.54) is 24.4 Å². The van der Waals surface area contributed by atoms with E-state index < -0.39 is 17.3 Å². The number of nitrogen functional groups attached to an aromatic ring is 1. The number of ether oxygens (including phenoxy) is 2. The third kappa shape index (κ3) is 2.45. The molecule has 4 N–H and O–H groups in total. The van der Waals surface area contributed by atoms with Crippen LogP contribution in [0.25, 0.3) is 11.3 Å². The van der Waals surface area contributed by atoms with E-state index >= 15 is 0 Å². The number of halogens is 2. The van der Waals surface area contributed by atoms with Gasteiger partial charge in [-0.05, 0) is 29.5 Å². The van der Waals surface area contributed by atoms with Crippen molar-refractivity contribution < 1.29 is 24.5 Å². The normalized spacial score (nSPS) is 17.5. The second kappa shape index (κ2) is 6.96. The molecule has 6 rings (SSSR count). The molecule has 34 heavy (non-hydrogen) atoms. The molecule has 0 fully saturated rings. The number of esters is 1. The van der Waals surface area contributed by atoms with Gasteiger partial charge in [-0.2, -0.15) is 0 Å². The number of nitrogens with zero attached hydrogens (tertiary/aromatic N) is 3. The highest BCUT2D eigenvalue weighted by Crippen LogP contribution is 2.64. The minimum Gasteiger partial charge on any atom is -0.506 e. The van der Waals surface area contributed by atoms with Crippen molar-refractivity contribution in [3.8, 4) is 34.3 Å². The number of carbonyl (C=O) groups excluding carboxylic acids is 1. The number of hydrogen-bond donors (Lipinski definition) is 3. The predicted molar refractivity (Wildman–Crippen MR) is 121 cm³/mol. The number of carbonyl (C=O) groups is 1. The molecule has 1 spiro atoms. The Hall–Kier alpha value is -4.08. The standard InChI is InChI=1S/C23H12Cl2N4O5/c24-16-13(30)6-5-11-20(16)33-21-15(23(11)10-4-2-1-3-9(10)22(32)34-23)18(26)14(19(31)17(21)25)12-7-8-27-29-28-12/h1-8,30-31H,26H2. The molecule has 1 aromatic heterocycles. The van der Waals surface area contributed by atoms with Crippen LogP contribution in [0.4, 0.5) is 5.69 Å². The smallest absolute Gasteiger partial charge is 0.340 e. The fourth-order valence-electron chi connectivity index (χ4n) is 4.54. The lowest BCUT2D eigenvalue weighted by molar-refractivity contribution is 0.0227. The van der Waals surface area contributed by atoms with Gasteiger partial charge in [0, 0.05) is 11.1 Å². The van der Waals surface area contributed by atoms with E-state index in [0.29, 0.717) is 16.7 Å². The number of phenolic OH excluding ortho intramolecular Hbond substituents is 2. The van der Waals surface area contributed by atoms with Gasteiger partial charge >= 0.3 is 5.97 Å². The van der Waals surface area contributed by atoms with Crippen molar-refractivity contribution in [2.75, 3.05) is 5.73 Å². The number of anilines is 1. The molecule has 4 aromatic rings. The number of fused-ring (bicyclic) bond motifs is 6. The lowest BCUT2D eigenvalue weighted by atomic mass is 9.76. The minimum absolute atomic E-state index is 0.00301. The Bertz CT molecular complexity index is 1550. The molecular weight excluding hydrogens is 483 g/mol. The Morgan fingerprint density at radius 1 is 0.971 bits per heavy atom. The Balaban J connectivity index is 1.80. The number of aromatic nitrogens is 3. The van der Waals surface area contributed by atoms with E-state index in [1.54, 1.807) is 24.3 Å². The summed E-state index contributed by atoms with van der Waals surface area (Å²) < 4.78 is 12.1. The predicted octanol–water partition coefficient (Wildman–Crippen LogP) is 4.41. The van der Waals surface area contributed by atoms with Gasteiger partial charge in [-0.3, -0.25) is 0 Å². The fraction of sp³-hybridized carbons (Fsp3) is 0.0435. The summed E-state index contributed by atoms with van der Waals surface area (Å²) in [5.74, 6) is -1.35. The SMILES string of the molecule is Nc1c(-c2ccnnn2)c(O)c(Cl)c2c1C1(OC(=O)c3ccccc31)c1ccc(O)c(Cl)c1O2. The zero-order valence-electron chi connectivity index (χ0n) is 16.9. The molecule has 1 unspecified atom stereocenters. The first-order valence-electron chi connectivity index (χ1n) is 9.88. The van der Waals surface area contributed by atoms with Crippen LogP contribution >= 0.6 is 23.2 Å². The number of hydrogen-bond acceptors (Lipinski definition) is 9. The molecule has 0 saturated carbocycles. The molecule has 9 nitrogen and oxygen atoms in total. The zero-order valence-corrected chi connectivity index (χ0v) is 18.4. The minimum atomic E-state index is -1.63. The van der Waals surface area contributed by atoms with E-state index in [0.717, 1.165) is 0 Å². The highest BCUT2D eigenvalue weighted by Gasteiger charge is 2.56. The maximum atomic E-state index is 13.0. The quantitative estimate of drug-likeness (QED) is 0.259. The maximum absolute atomic E-state index is 13.0. The third-order valence-corrected chi connectivity index (χ3v) is 6.67. The van der Waals surface area contributed by atoms with Crippen molar-refractivity contribution in [2.45, 2.75) is 5.60 Å². The van der Waals surface area contributed by atoms with Gasteiger partial charge in [-0.1, -0.05) is 41.4 Å². The molecule has 3 heterocycles. The van der Waals surface area contributed by atoms with Crippen LogP contribution in [-0.4, -0.2) is 31.6 Å². The van der Waals surface area contributed by atoms with Gasteiger partial charge in [-0.25, -0.2) is 4.79 Å². The van der Waals surface area contributed by atoms with Crippen molar-refractivity contribution in [2.24, 2.45) is 0 Å². The lowest BCUT2D eigenvalue weighted by Gasteiger charge is -2.38. The molecule has 2 aliphatic rings. The molecular formula is C23H12Cl2N4O5. The molecule has 168 valence electrons. The summed E-state index contributed by atoms with van der Waals surface area (Å²) in [4.78, 5) is 13.0. The van der Waals surface area contributed by atoms with Crippen molar-refractivity contribution in [3.63, 3.8) is 0 Å². The average molecular weight is 495 g/mol. The van der Waals surface area contributed by atoms with Gasteiger partial charge in [0.25, 0.3) is 0 Å². The molecule has 2 aliphatic heterocycles. The number of aromatic hydroxyl groups is 2. The molecule has 11 heteroatoms. The number of nitrogens with two attached hydrogens (primary N) is 1. The van der Waals surface area contributed by atoms with Crippen molar-refractivity contribution in [3.05, 3.63) is 81.0 Å². The Kier molecular flexibility index (Phi) is 4.20. The highest BCUT2D eigenvalue weighted by molar-refractivity contribution is 6.35. The summed E-state index contributed by atoms with van der Waals surface area (Å²) in [5, 5.41) is 32.0. The van der Waals surface area contributed by atoms with E-state index in [9.17, 15) is 15.0 Å². The van der Waals surface area contributed by atoms with Crippen LogP contribution in [0.1, 0.15) is 27.0 Å². The van der Waals surface area contributed by atoms with Crippen LogP contribution in [-0.2, 0) is 10.3 Å². The van der Waals surface area contributed by atoms with Crippen LogP contribution in [0.3, 0.4) is 0 Å². The lowest BCUT2D eigenvalue weighted by Crippen LogP contribution is -2.34. The molecule has 0 saturated heterocycles. The number of benzene rings is 3. The Labute approximate surface area is 201 Å². The Morgan fingerprint density at radius 3 is 2.53 bits per heavy atom. The summed E-state index contributed by atoms with van der Waals surface area (Å²) in [6.45, 7) is 0. The van der Waals surface area contributed by atoms with Gasteiger partial charge in [0.15, 0.2) is 17.1 Å². The molecule has 0 amide bonds. The average Bonchev–Trinajstić information content (AvgIpc) is 3.13. The summed E-state index contributed by atoms with van der Waals surface area (Å²) in [5.41, 5.74) is 6.52. The first kappa shape index (κ1) is 20.5. The van der Waals surface area contributed by atoms with Gasteiger partial charge < -0.3 is 25.4 Å². The molecule has 0 bridgehead atoms. The van der Waals surface area contributed by atoms with Crippen molar-refractivity contribution in [1.82, 2.24) is 15.4 Å². The van der Waals surface area contributed by atoms with Crippen molar-refractivity contribution >= 4 is 34.9 Å². The zero-order chi connectivity index (χ0) is 23.8. The van der Waals surface area contributed by atoms with Gasteiger partial charge in [-0.15, -0.1) is 10.2 Å². The number of phenols is 2. The van der Waals surface area contributed by atoms with E-state index in [4.69, 9.17) is 38.4 Å². The molecule has 0 radical (unpaired) electrons. The first-order chi connectivity index (χ1) is 16.4. The van der Waals surface area contributed by atoms with E-state index in [-0.39, 0.29) is 49.8 Å². The van der Waals surface area contributed by atoms with Gasteiger partial charge in [0.2, 0.25) is 0 Å². The van der Waals surface area contributed by atoms with Crippen LogP contribution in [0, 0.1) is 0 Å². The second-order valence-electron chi connectivity index (χ2n) is 7.65. The first-order valence-corrected chi connectivity index (χ1v) is 10.6. The van der Waals surface area contributed by atoms with Gasteiger partial charge in [0.1, 0.15) is 27.2 Å². The molecule has 1 atom stereocenters. The van der Waals surface area contributed by atoms with Crippen LogP contribution < -0.4 is 10.5 Å². The summed E-state index contributed by atoms with van der Waals surface area (Å²) >= 11 is 13.0. The van der Waals surface area contributed by atoms with Crippen LogP contribution in [0.15, 0.2) is 48.7 Å². The largest absolute Gasteiger partial charge is 0.506 e. The fourth-order valence-corrected chi connectivity index (χ4v) is 4.97. The van der Waals surface area contributed by atoms with Crippen LogP contribution in [0.5, 0.6) is 23.0 Å². The number of rotatable bonds is 1. The monoisotopic (exact) mass is 494 g/mol. The van der Waals surface area contributed by atoms with Gasteiger partial charge in [0.05, 0.1) is 28.6 Å². The van der Waals surface area contributed by atoms with Crippen molar-refractivity contribution in [1.29, 1.82) is 0 Å². The van der Waals surface area contributed by atoms with E-state index in [1.807, 2.05) is 0 Å². The highest BCUT2D eigenvalue weighted by atomic mass is 35.5. The Morgan fingerprint density at radius 2 is 1.76 bits per heavy atom. The summed E-state index contributed by atoms with van der Waals surface area (Å²) in [7, 11) is 0. The van der Waals surface area contributed by atoms with Crippen LogP contribution in [0.2, 0.25) is 10.0 Å². The topological polar surface area (TPSA) is 141 Å². The van der Waals surface area contributed by atoms with E-state index in [2.05, 4.69) is 15.4 Å². The summed E-state index contributed by atoms with van der Waals surface area (Å²) in [6, 6.07) is 11.2. The maximum Gasteiger partial charge on any atom is 0.340 e.